The molecule has 2 aromatic carbocycles. The van der Waals surface area contributed by atoms with Crippen molar-refractivity contribution in [3.05, 3.63) is 69.0 Å². The van der Waals surface area contributed by atoms with Gasteiger partial charge in [0.05, 0.1) is 23.6 Å². The lowest BCUT2D eigenvalue weighted by Gasteiger charge is -2.05. The Morgan fingerprint density at radius 2 is 1.93 bits per heavy atom. The van der Waals surface area contributed by atoms with E-state index < -0.39 is 4.92 Å². The van der Waals surface area contributed by atoms with Gasteiger partial charge in [-0.2, -0.15) is 4.98 Å². The van der Waals surface area contributed by atoms with Crippen LogP contribution in [0.15, 0.2) is 53.9 Å². The topological polar surface area (TPSA) is 112 Å². The van der Waals surface area contributed by atoms with Gasteiger partial charge in [-0.3, -0.25) is 20.2 Å². The first-order valence-electron chi connectivity index (χ1n) is 8.77. The number of non-ortho nitro benzene ring substituents is 1. The fourth-order valence-corrected chi connectivity index (χ4v) is 3.62. The van der Waals surface area contributed by atoms with Crippen molar-refractivity contribution in [1.82, 2.24) is 14.6 Å². The molecule has 1 amide bonds. The second-order valence-corrected chi connectivity index (χ2v) is 7.43. The number of halogens is 1. The van der Waals surface area contributed by atoms with Crippen LogP contribution in [0.2, 0.25) is 5.02 Å². The Morgan fingerprint density at radius 3 is 2.63 bits per heavy atom. The molecule has 4 aromatic rings. The largest absolute Gasteiger partial charge is 0.493 e. The number of nitro benzene ring substituents is 1. The Labute approximate surface area is 179 Å². The van der Waals surface area contributed by atoms with Crippen molar-refractivity contribution in [2.75, 3.05) is 11.9 Å². The van der Waals surface area contributed by atoms with Crippen LogP contribution in [0.3, 0.4) is 0 Å². The van der Waals surface area contributed by atoms with Crippen LogP contribution in [-0.4, -0.2) is 32.0 Å². The zero-order chi connectivity index (χ0) is 21.1. The van der Waals surface area contributed by atoms with E-state index in [-0.39, 0.29) is 30.6 Å². The summed E-state index contributed by atoms with van der Waals surface area (Å²) in [5, 5.41) is 20.2. The minimum atomic E-state index is -0.452. The summed E-state index contributed by atoms with van der Waals surface area (Å²) in [6.07, 6.45) is 0.130. The van der Waals surface area contributed by atoms with Gasteiger partial charge in [-0.15, -0.1) is 16.4 Å². The molecule has 0 atom stereocenters. The highest BCUT2D eigenvalue weighted by atomic mass is 35.5. The fraction of sp³-hybridized carbons (Fsp3) is 0.105. The number of thiazole rings is 1. The molecule has 11 heteroatoms. The van der Waals surface area contributed by atoms with Crippen LogP contribution in [0, 0.1) is 10.1 Å². The molecular weight excluding hydrogens is 430 g/mol. The van der Waals surface area contributed by atoms with Crippen molar-refractivity contribution in [2.24, 2.45) is 0 Å². The summed E-state index contributed by atoms with van der Waals surface area (Å²) in [5.41, 5.74) is 1.49. The van der Waals surface area contributed by atoms with E-state index in [1.807, 2.05) is 5.38 Å². The molecule has 2 heterocycles. The molecule has 0 unspecified atom stereocenters. The molecule has 0 aliphatic heterocycles. The van der Waals surface area contributed by atoms with Gasteiger partial charge < -0.3 is 4.74 Å². The first kappa shape index (κ1) is 19.8. The number of nitro groups is 1. The monoisotopic (exact) mass is 443 g/mol. The normalized spacial score (nSPS) is 10.8. The average Bonchev–Trinajstić information content (AvgIpc) is 3.29. The Hall–Kier alpha value is -3.50. The third-order valence-corrected chi connectivity index (χ3v) is 5.19. The van der Waals surface area contributed by atoms with Crippen molar-refractivity contribution in [3.63, 3.8) is 0 Å². The molecule has 0 aliphatic rings. The number of nitrogens with zero attached hydrogens (tertiary/aromatic N) is 4. The average molecular weight is 444 g/mol. The van der Waals surface area contributed by atoms with E-state index in [0.29, 0.717) is 15.7 Å². The van der Waals surface area contributed by atoms with Crippen LogP contribution >= 0.6 is 22.9 Å². The highest BCUT2D eigenvalue weighted by Crippen LogP contribution is 2.27. The van der Waals surface area contributed by atoms with Gasteiger partial charge in [0.2, 0.25) is 16.8 Å². The fourth-order valence-electron chi connectivity index (χ4n) is 2.67. The van der Waals surface area contributed by atoms with Crippen molar-refractivity contribution in [1.29, 1.82) is 0 Å². The first-order chi connectivity index (χ1) is 14.5. The van der Waals surface area contributed by atoms with Gasteiger partial charge in [0, 0.05) is 28.1 Å². The molecule has 0 spiro atoms. The number of amides is 1. The molecule has 0 aliphatic carbocycles. The van der Waals surface area contributed by atoms with Gasteiger partial charge in [-0.05, 0) is 36.4 Å². The van der Waals surface area contributed by atoms with Crippen LogP contribution < -0.4 is 10.1 Å². The molecule has 9 nitrogen and oxygen atoms in total. The second-order valence-electron chi connectivity index (χ2n) is 6.16. The lowest BCUT2D eigenvalue weighted by atomic mass is 10.1. The second kappa shape index (κ2) is 8.47. The molecule has 0 bridgehead atoms. The van der Waals surface area contributed by atoms with Crippen LogP contribution in [-0.2, 0) is 4.79 Å². The van der Waals surface area contributed by atoms with Crippen molar-refractivity contribution >= 4 is 45.4 Å². The molecule has 4 rings (SSSR count). The Balaban J connectivity index is 1.39. The number of hydrogen-bond donors (Lipinski definition) is 1. The third kappa shape index (κ3) is 4.39. The smallest absolute Gasteiger partial charge is 0.269 e. The number of aromatic nitrogens is 3. The van der Waals surface area contributed by atoms with Gasteiger partial charge in [0.15, 0.2) is 0 Å². The number of rotatable bonds is 7. The van der Waals surface area contributed by atoms with Gasteiger partial charge in [0.25, 0.3) is 5.69 Å². The van der Waals surface area contributed by atoms with Crippen LogP contribution in [0.1, 0.15) is 6.42 Å². The molecule has 30 heavy (non-hydrogen) atoms. The number of carbonyl (C=O) groups excluding carboxylic acids is 1. The highest BCUT2D eigenvalue weighted by molar-refractivity contribution is 7.15. The SMILES string of the molecule is O=C(CCOc1ccc(Cl)cc1)Nc1nc2scc(-c3ccc([N+](=O)[O-])cc3)n2n1. The number of nitrogens with one attached hydrogen (secondary N) is 1. The van der Waals surface area contributed by atoms with Crippen LogP contribution in [0.5, 0.6) is 5.75 Å². The van der Waals surface area contributed by atoms with E-state index in [4.69, 9.17) is 16.3 Å². The van der Waals surface area contributed by atoms with Gasteiger partial charge in [-0.1, -0.05) is 11.6 Å². The van der Waals surface area contributed by atoms with Gasteiger partial charge in [-0.25, -0.2) is 4.52 Å². The van der Waals surface area contributed by atoms with E-state index in [9.17, 15) is 14.9 Å². The predicted octanol–water partition coefficient (Wildman–Crippen LogP) is 4.43. The quantitative estimate of drug-likeness (QED) is 0.334. The van der Waals surface area contributed by atoms with Crippen molar-refractivity contribution in [2.45, 2.75) is 6.42 Å². The Morgan fingerprint density at radius 1 is 1.20 bits per heavy atom. The van der Waals surface area contributed by atoms with E-state index in [1.165, 1.54) is 23.5 Å². The zero-order valence-corrected chi connectivity index (χ0v) is 16.9. The maximum Gasteiger partial charge on any atom is 0.269 e. The number of benzene rings is 2. The standard InChI is InChI=1S/C19H14ClN5O4S/c20-13-3-7-15(8-4-13)29-10-9-17(26)21-18-22-19-24(23-18)16(11-30-19)12-1-5-14(6-2-12)25(27)28/h1-8,11H,9-10H2,(H,21,23,26). The van der Waals surface area contributed by atoms with E-state index in [2.05, 4.69) is 15.4 Å². The van der Waals surface area contributed by atoms with E-state index >= 15 is 0 Å². The zero-order valence-electron chi connectivity index (χ0n) is 15.3. The highest BCUT2D eigenvalue weighted by Gasteiger charge is 2.14. The number of fused-ring (bicyclic) bond motifs is 1. The summed E-state index contributed by atoms with van der Waals surface area (Å²) in [4.78, 5) is 27.4. The predicted molar refractivity (Wildman–Crippen MR) is 113 cm³/mol. The number of anilines is 1. The molecule has 0 fully saturated rings. The summed E-state index contributed by atoms with van der Waals surface area (Å²) in [6.45, 7) is 0.198. The Bertz CT molecular complexity index is 1200. The van der Waals surface area contributed by atoms with Gasteiger partial charge >= 0.3 is 0 Å². The van der Waals surface area contributed by atoms with Crippen LogP contribution in [0.25, 0.3) is 16.2 Å². The molecular formula is C19H14ClN5O4S. The maximum absolute atomic E-state index is 12.1. The number of carbonyl (C=O) groups is 1. The van der Waals surface area contributed by atoms with Crippen molar-refractivity contribution in [3.8, 4) is 17.0 Å². The molecule has 0 radical (unpaired) electrons. The van der Waals surface area contributed by atoms with E-state index in [1.54, 1.807) is 40.9 Å². The summed E-state index contributed by atoms with van der Waals surface area (Å²) < 4.78 is 7.09. The molecule has 152 valence electrons. The molecule has 2 aromatic heterocycles. The molecule has 0 saturated carbocycles. The minimum absolute atomic E-state index is 0.0117. The Kier molecular flexibility index (Phi) is 5.59. The molecule has 0 saturated heterocycles. The van der Waals surface area contributed by atoms with E-state index in [0.717, 1.165) is 11.3 Å². The maximum atomic E-state index is 12.1. The first-order valence-corrected chi connectivity index (χ1v) is 10.0. The number of ether oxygens (including phenoxy) is 1. The van der Waals surface area contributed by atoms with Crippen LogP contribution in [0.4, 0.5) is 11.6 Å². The summed E-state index contributed by atoms with van der Waals surface area (Å²) in [5.74, 6) is 0.529. The minimum Gasteiger partial charge on any atom is -0.493 e. The summed E-state index contributed by atoms with van der Waals surface area (Å²) >= 11 is 7.17. The summed E-state index contributed by atoms with van der Waals surface area (Å²) in [6, 6.07) is 13.0. The summed E-state index contributed by atoms with van der Waals surface area (Å²) in [7, 11) is 0. The number of hydrogen-bond acceptors (Lipinski definition) is 7. The van der Waals surface area contributed by atoms with Crippen molar-refractivity contribution < 1.29 is 14.5 Å². The lowest BCUT2D eigenvalue weighted by Crippen LogP contribution is -2.16. The molecule has 1 N–H and O–H groups in total. The third-order valence-electron chi connectivity index (χ3n) is 4.12. The lowest BCUT2D eigenvalue weighted by molar-refractivity contribution is -0.384. The van der Waals surface area contributed by atoms with Gasteiger partial charge in [0.1, 0.15) is 5.75 Å².